The normalized spacial score (nSPS) is 23.5. The standard InChI is InChI=1S/C14H23N3/c1-12(14-6-2-3-9-16-14)17-10-4-5-13(11-17)7-8-15/h2-3,6,9,12-13H,4-5,7-8,10-11,15H2,1H3. The minimum Gasteiger partial charge on any atom is -0.330 e. The van der Waals surface area contributed by atoms with Crippen LogP contribution >= 0.6 is 0 Å². The van der Waals surface area contributed by atoms with Gasteiger partial charge in [-0.3, -0.25) is 9.88 Å². The lowest BCUT2D eigenvalue weighted by Crippen LogP contribution is -2.38. The summed E-state index contributed by atoms with van der Waals surface area (Å²) in [6.07, 6.45) is 5.67. The minimum atomic E-state index is 0.428. The summed E-state index contributed by atoms with van der Waals surface area (Å²) < 4.78 is 0. The van der Waals surface area contributed by atoms with Gasteiger partial charge in [0.25, 0.3) is 0 Å². The molecule has 94 valence electrons. The van der Waals surface area contributed by atoms with Crippen LogP contribution in [0.4, 0.5) is 0 Å². The zero-order valence-electron chi connectivity index (χ0n) is 10.7. The highest BCUT2D eigenvalue weighted by molar-refractivity contribution is 5.08. The highest BCUT2D eigenvalue weighted by Crippen LogP contribution is 2.26. The second-order valence-corrected chi connectivity index (χ2v) is 5.01. The van der Waals surface area contributed by atoms with E-state index in [-0.39, 0.29) is 0 Å². The zero-order valence-corrected chi connectivity index (χ0v) is 10.7. The summed E-state index contributed by atoms with van der Waals surface area (Å²) in [5, 5.41) is 0. The lowest BCUT2D eigenvalue weighted by atomic mass is 9.93. The summed E-state index contributed by atoms with van der Waals surface area (Å²) in [6, 6.07) is 6.60. The van der Waals surface area contributed by atoms with Gasteiger partial charge < -0.3 is 5.73 Å². The molecule has 0 aromatic carbocycles. The first kappa shape index (κ1) is 12.5. The molecule has 2 rings (SSSR count). The number of pyridine rings is 1. The van der Waals surface area contributed by atoms with E-state index in [1.54, 1.807) is 0 Å². The van der Waals surface area contributed by atoms with E-state index < -0.39 is 0 Å². The van der Waals surface area contributed by atoms with Crippen LogP contribution in [0.3, 0.4) is 0 Å². The molecule has 0 amide bonds. The van der Waals surface area contributed by atoms with Gasteiger partial charge in [-0.2, -0.15) is 0 Å². The number of aromatic nitrogens is 1. The van der Waals surface area contributed by atoms with Crippen molar-refractivity contribution in [3.05, 3.63) is 30.1 Å². The molecule has 1 aromatic rings. The summed E-state index contributed by atoms with van der Waals surface area (Å²) in [7, 11) is 0. The summed E-state index contributed by atoms with van der Waals surface area (Å²) in [6.45, 7) is 5.44. The van der Waals surface area contributed by atoms with E-state index in [9.17, 15) is 0 Å². The Kier molecular flexibility index (Phi) is 4.51. The number of nitrogens with zero attached hydrogens (tertiary/aromatic N) is 2. The Morgan fingerprint density at radius 3 is 3.12 bits per heavy atom. The third-order valence-electron chi connectivity index (χ3n) is 3.79. The van der Waals surface area contributed by atoms with Crippen molar-refractivity contribution in [2.24, 2.45) is 11.7 Å². The average Bonchev–Trinajstić information content (AvgIpc) is 2.40. The molecule has 17 heavy (non-hydrogen) atoms. The molecule has 0 radical (unpaired) electrons. The maximum Gasteiger partial charge on any atom is 0.0572 e. The first-order valence-corrected chi connectivity index (χ1v) is 6.66. The van der Waals surface area contributed by atoms with Crippen LogP contribution in [0.1, 0.15) is 37.9 Å². The minimum absolute atomic E-state index is 0.428. The largest absolute Gasteiger partial charge is 0.330 e. The van der Waals surface area contributed by atoms with E-state index in [2.05, 4.69) is 28.9 Å². The summed E-state index contributed by atoms with van der Waals surface area (Å²) in [4.78, 5) is 7.01. The van der Waals surface area contributed by atoms with Gasteiger partial charge in [-0.1, -0.05) is 6.07 Å². The smallest absolute Gasteiger partial charge is 0.0572 e. The van der Waals surface area contributed by atoms with Gasteiger partial charge in [-0.15, -0.1) is 0 Å². The fraction of sp³-hybridized carbons (Fsp3) is 0.643. The molecule has 1 aliphatic heterocycles. The monoisotopic (exact) mass is 233 g/mol. The van der Waals surface area contributed by atoms with E-state index >= 15 is 0 Å². The second kappa shape index (κ2) is 6.12. The Hall–Kier alpha value is -0.930. The number of rotatable bonds is 4. The molecule has 1 aromatic heterocycles. The van der Waals surface area contributed by atoms with Crippen LogP contribution in [-0.2, 0) is 0 Å². The molecule has 1 aliphatic rings. The predicted octanol–water partition coefficient (Wildman–Crippen LogP) is 2.20. The molecule has 0 bridgehead atoms. The Morgan fingerprint density at radius 1 is 1.53 bits per heavy atom. The third-order valence-corrected chi connectivity index (χ3v) is 3.79. The van der Waals surface area contributed by atoms with Crippen LogP contribution in [0.15, 0.2) is 24.4 Å². The van der Waals surface area contributed by atoms with Crippen LogP contribution in [0.25, 0.3) is 0 Å². The Balaban J connectivity index is 1.97. The number of piperidine rings is 1. The lowest BCUT2D eigenvalue weighted by Gasteiger charge is -2.36. The highest BCUT2D eigenvalue weighted by atomic mass is 15.2. The summed E-state index contributed by atoms with van der Waals surface area (Å²) >= 11 is 0. The fourth-order valence-electron chi connectivity index (χ4n) is 2.73. The first-order chi connectivity index (χ1) is 8.31. The maximum absolute atomic E-state index is 5.66. The van der Waals surface area contributed by atoms with Crippen molar-refractivity contribution in [3.63, 3.8) is 0 Å². The number of hydrogen-bond acceptors (Lipinski definition) is 3. The number of nitrogens with two attached hydrogens (primary N) is 1. The SMILES string of the molecule is CC(c1ccccn1)N1CCCC(CCN)C1. The van der Waals surface area contributed by atoms with Gasteiger partial charge in [-0.25, -0.2) is 0 Å². The van der Waals surface area contributed by atoms with Crippen molar-refractivity contribution < 1.29 is 0 Å². The van der Waals surface area contributed by atoms with Gasteiger partial charge in [0.05, 0.1) is 5.69 Å². The first-order valence-electron chi connectivity index (χ1n) is 6.66. The van der Waals surface area contributed by atoms with Crippen molar-refractivity contribution in [2.75, 3.05) is 19.6 Å². The third kappa shape index (κ3) is 3.27. The van der Waals surface area contributed by atoms with Gasteiger partial charge in [0.1, 0.15) is 0 Å². The Bertz CT molecular complexity index is 323. The topological polar surface area (TPSA) is 42.2 Å². The van der Waals surface area contributed by atoms with Crippen LogP contribution in [0.5, 0.6) is 0 Å². The summed E-state index contributed by atoms with van der Waals surface area (Å²) in [5.41, 5.74) is 6.84. The number of likely N-dealkylation sites (tertiary alicyclic amines) is 1. The van der Waals surface area contributed by atoms with E-state index in [0.29, 0.717) is 6.04 Å². The molecule has 3 heteroatoms. The van der Waals surface area contributed by atoms with E-state index in [1.807, 2.05) is 12.3 Å². The molecular formula is C14H23N3. The van der Waals surface area contributed by atoms with Crippen molar-refractivity contribution in [1.29, 1.82) is 0 Å². The fourth-order valence-corrected chi connectivity index (χ4v) is 2.73. The molecule has 0 saturated carbocycles. The Labute approximate surface area is 104 Å². The van der Waals surface area contributed by atoms with Crippen molar-refractivity contribution in [3.8, 4) is 0 Å². The number of hydrogen-bond donors (Lipinski definition) is 1. The zero-order chi connectivity index (χ0) is 12.1. The highest BCUT2D eigenvalue weighted by Gasteiger charge is 2.24. The van der Waals surface area contributed by atoms with E-state index in [4.69, 9.17) is 5.73 Å². The van der Waals surface area contributed by atoms with Gasteiger partial charge >= 0.3 is 0 Å². The van der Waals surface area contributed by atoms with Gasteiger partial charge in [0.2, 0.25) is 0 Å². The molecule has 2 atom stereocenters. The summed E-state index contributed by atoms with van der Waals surface area (Å²) in [5.74, 6) is 0.778. The maximum atomic E-state index is 5.66. The van der Waals surface area contributed by atoms with Gasteiger partial charge in [-0.05, 0) is 57.3 Å². The van der Waals surface area contributed by atoms with Crippen molar-refractivity contribution in [2.45, 2.75) is 32.2 Å². The molecular weight excluding hydrogens is 210 g/mol. The van der Waals surface area contributed by atoms with Crippen molar-refractivity contribution in [1.82, 2.24) is 9.88 Å². The van der Waals surface area contributed by atoms with Gasteiger partial charge in [0.15, 0.2) is 0 Å². The molecule has 0 spiro atoms. The van der Waals surface area contributed by atoms with E-state index in [0.717, 1.165) is 18.9 Å². The van der Waals surface area contributed by atoms with E-state index in [1.165, 1.54) is 31.6 Å². The molecule has 3 nitrogen and oxygen atoms in total. The van der Waals surface area contributed by atoms with Crippen LogP contribution in [0, 0.1) is 5.92 Å². The van der Waals surface area contributed by atoms with Crippen LogP contribution < -0.4 is 5.73 Å². The molecule has 0 aliphatic carbocycles. The molecule has 2 heterocycles. The van der Waals surface area contributed by atoms with Gasteiger partial charge in [0, 0.05) is 18.8 Å². The average molecular weight is 233 g/mol. The van der Waals surface area contributed by atoms with Crippen LogP contribution in [-0.4, -0.2) is 29.5 Å². The second-order valence-electron chi connectivity index (χ2n) is 5.01. The quantitative estimate of drug-likeness (QED) is 0.867. The molecule has 2 unspecified atom stereocenters. The lowest BCUT2D eigenvalue weighted by molar-refractivity contribution is 0.126. The molecule has 2 N–H and O–H groups in total. The Morgan fingerprint density at radius 2 is 2.41 bits per heavy atom. The predicted molar refractivity (Wildman–Crippen MR) is 70.6 cm³/mol. The van der Waals surface area contributed by atoms with Crippen molar-refractivity contribution >= 4 is 0 Å². The van der Waals surface area contributed by atoms with Crippen LogP contribution in [0.2, 0.25) is 0 Å². The molecule has 1 saturated heterocycles. The molecule has 1 fully saturated rings.